The van der Waals surface area contributed by atoms with E-state index in [9.17, 15) is 13.2 Å². The first-order valence-corrected chi connectivity index (χ1v) is 7.42. The van der Waals surface area contributed by atoms with Gasteiger partial charge >= 0.3 is 5.97 Å². The zero-order chi connectivity index (χ0) is 12.9. The van der Waals surface area contributed by atoms with Gasteiger partial charge in [0.1, 0.15) is 0 Å². The summed E-state index contributed by atoms with van der Waals surface area (Å²) in [6.45, 7) is 4.50. The topological polar surface area (TPSA) is 86.7 Å². The van der Waals surface area contributed by atoms with Crippen LogP contribution in [0.4, 0.5) is 0 Å². The SMILES string of the molecule is CC(C(=O)O)S(=O)(=O)NCCCN1CCCC1. The van der Waals surface area contributed by atoms with E-state index in [1.807, 2.05) is 0 Å². The van der Waals surface area contributed by atoms with E-state index in [-0.39, 0.29) is 0 Å². The van der Waals surface area contributed by atoms with Crippen molar-refractivity contribution < 1.29 is 18.3 Å². The number of nitrogens with one attached hydrogen (secondary N) is 1. The van der Waals surface area contributed by atoms with E-state index in [1.54, 1.807) is 0 Å². The summed E-state index contributed by atoms with van der Waals surface area (Å²) in [5, 5.41) is 7.23. The number of hydrogen-bond donors (Lipinski definition) is 2. The lowest BCUT2D eigenvalue weighted by Crippen LogP contribution is -2.38. The predicted octanol–water partition coefficient (Wildman–Crippen LogP) is -0.135. The van der Waals surface area contributed by atoms with Crippen LogP contribution >= 0.6 is 0 Å². The molecule has 0 aromatic rings. The molecule has 0 amide bonds. The van der Waals surface area contributed by atoms with Gasteiger partial charge in [-0.1, -0.05) is 0 Å². The molecule has 0 bridgehead atoms. The van der Waals surface area contributed by atoms with Crippen LogP contribution in [0.5, 0.6) is 0 Å². The molecule has 1 saturated heterocycles. The number of carboxylic acids is 1. The predicted molar refractivity (Wildman–Crippen MR) is 64.3 cm³/mol. The number of sulfonamides is 1. The molecule has 2 N–H and O–H groups in total. The summed E-state index contributed by atoms with van der Waals surface area (Å²) in [4.78, 5) is 12.8. The molecule has 17 heavy (non-hydrogen) atoms. The van der Waals surface area contributed by atoms with E-state index in [0.29, 0.717) is 13.0 Å². The van der Waals surface area contributed by atoms with Crippen molar-refractivity contribution in [3.05, 3.63) is 0 Å². The van der Waals surface area contributed by atoms with Gasteiger partial charge in [-0.15, -0.1) is 0 Å². The fourth-order valence-corrected chi connectivity index (χ4v) is 2.73. The average Bonchev–Trinajstić information content (AvgIpc) is 2.76. The lowest BCUT2D eigenvalue weighted by Gasteiger charge is -2.15. The Kier molecular flexibility index (Phi) is 5.35. The van der Waals surface area contributed by atoms with Crippen molar-refractivity contribution in [1.82, 2.24) is 9.62 Å². The van der Waals surface area contributed by atoms with Crippen molar-refractivity contribution in [2.24, 2.45) is 0 Å². The number of hydrogen-bond acceptors (Lipinski definition) is 4. The van der Waals surface area contributed by atoms with Crippen molar-refractivity contribution in [2.75, 3.05) is 26.2 Å². The first-order valence-electron chi connectivity index (χ1n) is 5.87. The summed E-state index contributed by atoms with van der Waals surface area (Å²) in [5.74, 6) is -1.32. The number of nitrogens with zero attached hydrogens (tertiary/aromatic N) is 1. The zero-order valence-corrected chi connectivity index (χ0v) is 10.9. The number of carboxylic acid groups (broad SMARTS) is 1. The van der Waals surface area contributed by atoms with E-state index in [4.69, 9.17) is 5.11 Å². The molecule has 1 heterocycles. The number of likely N-dealkylation sites (tertiary alicyclic amines) is 1. The van der Waals surface area contributed by atoms with Crippen molar-refractivity contribution in [1.29, 1.82) is 0 Å². The fourth-order valence-electron chi connectivity index (χ4n) is 1.78. The van der Waals surface area contributed by atoms with Gasteiger partial charge in [0.15, 0.2) is 5.25 Å². The number of carbonyl (C=O) groups is 1. The molecule has 1 rings (SSSR count). The molecule has 0 spiro atoms. The highest BCUT2D eigenvalue weighted by Gasteiger charge is 2.26. The Bertz CT molecular complexity index is 349. The Morgan fingerprint density at radius 3 is 2.53 bits per heavy atom. The third kappa shape index (κ3) is 4.61. The van der Waals surface area contributed by atoms with E-state index in [1.165, 1.54) is 19.8 Å². The van der Waals surface area contributed by atoms with Gasteiger partial charge in [-0.2, -0.15) is 0 Å². The molecular weight excluding hydrogens is 244 g/mol. The van der Waals surface area contributed by atoms with Gasteiger partial charge in [0.05, 0.1) is 0 Å². The summed E-state index contributed by atoms with van der Waals surface area (Å²) < 4.78 is 25.3. The largest absolute Gasteiger partial charge is 0.480 e. The molecule has 0 radical (unpaired) electrons. The third-order valence-electron chi connectivity index (χ3n) is 2.97. The third-order valence-corrected chi connectivity index (χ3v) is 4.71. The molecule has 0 aliphatic carbocycles. The van der Waals surface area contributed by atoms with Crippen LogP contribution in [0.1, 0.15) is 26.2 Å². The van der Waals surface area contributed by atoms with Crippen LogP contribution in [-0.4, -0.2) is 55.8 Å². The van der Waals surface area contributed by atoms with Crippen molar-refractivity contribution in [3.8, 4) is 0 Å². The minimum absolute atomic E-state index is 0.302. The Morgan fingerprint density at radius 1 is 1.41 bits per heavy atom. The minimum Gasteiger partial charge on any atom is -0.480 e. The summed E-state index contributed by atoms with van der Waals surface area (Å²) in [6.07, 6.45) is 3.13. The number of aliphatic carboxylic acids is 1. The lowest BCUT2D eigenvalue weighted by molar-refractivity contribution is -0.136. The van der Waals surface area contributed by atoms with Gasteiger partial charge in [-0.3, -0.25) is 4.79 Å². The Balaban J connectivity index is 2.23. The second-order valence-electron chi connectivity index (χ2n) is 4.32. The molecule has 1 aliphatic heterocycles. The molecule has 1 unspecified atom stereocenters. The normalized spacial score (nSPS) is 19.4. The van der Waals surface area contributed by atoms with E-state index in [0.717, 1.165) is 19.6 Å². The Hall–Kier alpha value is -0.660. The number of rotatable bonds is 7. The Labute approximate surface area is 102 Å². The van der Waals surface area contributed by atoms with Crippen molar-refractivity contribution >= 4 is 16.0 Å². The molecular formula is C10H20N2O4S. The van der Waals surface area contributed by atoms with Crippen LogP contribution in [0, 0.1) is 0 Å². The maximum absolute atomic E-state index is 11.5. The van der Waals surface area contributed by atoms with Crippen molar-refractivity contribution in [3.63, 3.8) is 0 Å². The van der Waals surface area contributed by atoms with Crippen LogP contribution in [0.3, 0.4) is 0 Å². The van der Waals surface area contributed by atoms with Crippen LogP contribution in [-0.2, 0) is 14.8 Å². The van der Waals surface area contributed by atoms with Crippen LogP contribution < -0.4 is 4.72 Å². The molecule has 0 aromatic carbocycles. The molecule has 6 nitrogen and oxygen atoms in total. The monoisotopic (exact) mass is 264 g/mol. The van der Waals surface area contributed by atoms with Crippen molar-refractivity contribution in [2.45, 2.75) is 31.4 Å². The standard InChI is InChI=1S/C10H20N2O4S/c1-9(10(13)14)17(15,16)11-5-4-8-12-6-2-3-7-12/h9,11H,2-8H2,1H3,(H,13,14). The van der Waals surface area contributed by atoms with E-state index < -0.39 is 21.2 Å². The Morgan fingerprint density at radius 2 is 2.00 bits per heavy atom. The first-order chi connectivity index (χ1) is 7.93. The summed E-state index contributed by atoms with van der Waals surface area (Å²) in [5.41, 5.74) is 0. The van der Waals surface area contributed by atoms with Gasteiger partial charge in [0.25, 0.3) is 0 Å². The van der Waals surface area contributed by atoms with Gasteiger partial charge in [-0.05, 0) is 45.8 Å². The molecule has 0 saturated carbocycles. The highest BCUT2D eigenvalue weighted by molar-refractivity contribution is 7.90. The smallest absolute Gasteiger partial charge is 0.323 e. The fraction of sp³-hybridized carbons (Fsp3) is 0.900. The van der Waals surface area contributed by atoms with E-state index in [2.05, 4.69) is 9.62 Å². The lowest BCUT2D eigenvalue weighted by atomic mass is 10.4. The molecule has 1 atom stereocenters. The molecule has 7 heteroatoms. The van der Waals surface area contributed by atoms with Crippen LogP contribution in [0.2, 0.25) is 0 Å². The maximum atomic E-state index is 11.5. The van der Waals surface area contributed by atoms with Crippen LogP contribution in [0.15, 0.2) is 0 Å². The van der Waals surface area contributed by atoms with Gasteiger partial charge < -0.3 is 10.0 Å². The zero-order valence-electron chi connectivity index (χ0n) is 10.1. The van der Waals surface area contributed by atoms with Gasteiger partial charge in [0, 0.05) is 6.54 Å². The summed E-state index contributed by atoms with van der Waals surface area (Å²) in [7, 11) is -3.72. The first kappa shape index (κ1) is 14.4. The average molecular weight is 264 g/mol. The second kappa shape index (κ2) is 6.32. The summed E-state index contributed by atoms with van der Waals surface area (Å²) >= 11 is 0. The highest BCUT2D eigenvalue weighted by Crippen LogP contribution is 2.07. The van der Waals surface area contributed by atoms with Crippen LogP contribution in [0.25, 0.3) is 0 Å². The maximum Gasteiger partial charge on any atom is 0.323 e. The highest BCUT2D eigenvalue weighted by atomic mass is 32.2. The van der Waals surface area contributed by atoms with E-state index >= 15 is 0 Å². The quantitative estimate of drug-likeness (QED) is 0.625. The second-order valence-corrected chi connectivity index (χ2v) is 6.41. The molecule has 100 valence electrons. The van der Waals surface area contributed by atoms with Gasteiger partial charge in [-0.25, -0.2) is 13.1 Å². The van der Waals surface area contributed by atoms with Gasteiger partial charge in [0.2, 0.25) is 10.0 Å². The minimum atomic E-state index is -3.72. The summed E-state index contributed by atoms with van der Waals surface area (Å²) in [6, 6.07) is 0. The molecule has 1 aliphatic rings. The molecule has 0 aromatic heterocycles. The molecule has 1 fully saturated rings.